The molecule has 4 amide bonds. The van der Waals surface area contributed by atoms with Gasteiger partial charge in [-0.2, -0.15) is 0 Å². The molecule has 1 aromatic heterocycles. The second-order valence-electron chi connectivity index (χ2n) is 6.52. The van der Waals surface area contributed by atoms with Crippen LogP contribution in [0.2, 0.25) is 0 Å². The number of barbiturate groups is 1. The van der Waals surface area contributed by atoms with Gasteiger partial charge in [0.05, 0.1) is 18.9 Å². The minimum atomic E-state index is -0.870. The third kappa shape index (κ3) is 4.14. The van der Waals surface area contributed by atoms with E-state index in [0.29, 0.717) is 36.4 Å². The van der Waals surface area contributed by atoms with E-state index < -0.39 is 17.8 Å². The summed E-state index contributed by atoms with van der Waals surface area (Å²) >= 11 is 0. The molecule has 2 aromatic rings. The molecule has 1 fully saturated rings. The Bertz CT molecular complexity index is 1010. The van der Waals surface area contributed by atoms with Crippen LogP contribution in [0.1, 0.15) is 19.6 Å². The zero-order valence-electron chi connectivity index (χ0n) is 17.2. The molecule has 158 valence electrons. The van der Waals surface area contributed by atoms with Gasteiger partial charge >= 0.3 is 6.03 Å². The van der Waals surface area contributed by atoms with Crippen LogP contribution in [0.15, 0.2) is 40.3 Å². The number of carbonyl (C=O) groups excluding carboxylic acids is 3. The Morgan fingerprint density at radius 2 is 1.80 bits per heavy atom. The van der Waals surface area contributed by atoms with Gasteiger partial charge in [-0.05, 0) is 38.1 Å². The number of hydrogen-bond acceptors (Lipinski definition) is 7. The fourth-order valence-corrected chi connectivity index (χ4v) is 2.88. The molecule has 0 saturated carbocycles. The topological polar surface area (TPSA) is 101 Å². The van der Waals surface area contributed by atoms with Crippen molar-refractivity contribution in [3.8, 4) is 11.5 Å². The van der Waals surface area contributed by atoms with Crippen molar-refractivity contribution >= 4 is 35.5 Å². The van der Waals surface area contributed by atoms with Gasteiger partial charge in [0, 0.05) is 26.2 Å². The zero-order valence-corrected chi connectivity index (χ0v) is 17.2. The number of imide groups is 2. The number of furan rings is 1. The van der Waals surface area contributed by atoms with Gasteiger partial charge in [-0.1, -0.05) is 0 Å². The zero-order chi connectivity index (χ0) is 21.8. The van der Waals surface area contributed by atoms with Crippen molar-refractivity contribution in [2.24, 2.45) is 0 Å². The van der Waals surface area contributed by atoms with Crippen LogP contribution in [-0.4, -0.2) is 45.2 Å². The monoisotopic (exact) mass is 413 g/mol. The molecule has 1 aliphatic heterocycles. The molecule has 1 N–H and O–H groups in total. The number of anilines is 2. The molecule has 0 atom stereocenters. The largest absolute Gasteiger partial charge is 0.494 e. The number of urea groups is 1. The fraction of sp³-hybridized carbons (Fsp3) is 0.286. The first-order valence-electron chi connectivity index (χ1n) is 9.44. The summed E-state index contributed by atoms with van der Waals surface area (Å²) in [6, 6.07) is 7.28. The molecule has 1 aliphatic rings. The number of carbonyl (C=O) groups is 3. The number of ether oxygens (including phenoxy) is 2. The fourth-order valence-electron chi connectivity index (χ4n) is 2.88. The molecule has 0 aliphatic carbocycles. The van der Waals surface area contributed by atoms with E-state index in [9.17, 15) is 14.4 Å². The second kappa shape index (κ2) is 8.73. The molecule has 1 aromatic carbocycles. The Labute approximate surface area is 173 Å². The highest BCUT2D eigenvalue weighted by Gasteiger charge is 2.38. The lowest BCUT2D eigenvalue weighted by Crippen LogP contribution is -2.54. The van der Waals surface area contributed by atoms with Gasteiger partial charge in [0.25, 0.3) is 11.8 Å². The predicted octanol–water partition coefficient (Wildman–Crippen LogP) is 2.81. The van der Waals surface area contributed by atoms with Crippen molar-refractivity contribution in [1.82, 2.24) is 5.32 Å². The maximum absolute atomic E-state index is 13.1. The third-order valence-electron chi connectivity index (χ3n) is 4.22. The molecule has 2 heterocycles. The van der Waals surface area contributed by atoms with Crippen molar-refractivity contribution < 1.29 is 28.3 Å². The average Bonchev–Trinajstić information content (AvgIpc) is 3.16. The van der Waals surface area contributed by atoms with Gasteiger partial charge in [0.2, 0.25) is 0 Å². The highest BCUT2D eigenvalue weighted by Crippen LogP contribution is 2.35. The lowest BCUT2D eigenvalue weighted by Gasteiger charge is -2.28. The molecular weight excluding hydrogens is 390 g/mol. The quantitative estimate of drug-likeness (QED) is 0.550. The standard InChI is InChI=1S/C21H23N3O6/c1-5-28-13-7-9-17(29-6-2)16(12-13)24-20(26)15(19(25)22-21(24)27)11-14-8-10-18(30-14)23(3)4/h7-12H,5-6H2,1-4H3,(H,22,25,27)/b15-11+. The SMILES string of the molecule is CCOc1ccc(OCC)c(N2C(=O)NC(=O)/C(=C\c3ccc(N(C)C)o3)C2=O)c1. The average molecular weight is 413 g/mol. The van der Waals surface area contributed by atoms with E-state index in [1.807, 2.05) is 6.92 Å². The van der Waals surface area contributed by atoms with Crippen LogP contribution in [0, 0.1) is 0 Å². The number of amides is 4. The summed E-state index contributed by atoms with van der Waals surface area (Å²) in [6.45, 7) is 4.34. The van der Waals surface area contributed by atoms with Gasteiger partial charge in [0.1, 0.15) is 22.8 Å². The molecular formula is C21H23N3O6. The Morgan fingerprint density at radius 1 is 1.07 bits per heavy atom. The molecule has 30 heavy (non-hydrogen) atoms. The van der Waals surface area contributed by atoms with Crippen LogP contribution in [0.25, 0.3) is 6.08 Å². The molecule has 1 saturated heterocycles. The number of nitrogens with one attached hydrogen (secondary N) is 1. The Morgan fingerprint density at radius 3 is 2.43 bits per heavy atom. The minimum absolute atomic E-state index is 0.178. The van der Waals surface area contributed by atoms with Crippen LogP contribution in [-0.2, 0) is 9.59 Å². The van der Waals surface area contributed by atoms with Crippen molar-refractivity contribution in [2.45, 2.75) is 13.8 Å². The summed E-state index contributed by atoms with van der Waals surface area (Å²) in [6.07, 6.45) is 1.30. The van der Waals surface area contributed by atoms with E-state index in [1.165, 1.54) is 12.1 Å². The van der Waals surface area contributed by atoms with Gasteiger partial charge < -0.3 is 18.8 Å². The lowest BCUT2D eigenvalue weighted by molar-refractivity contribution is -0.122. The lowest BCUT2D eigenvalue weighted by atomic mass is 10.1. The molecule has 9 heteroatoms. The smallest absolute Gasteiger partial charge is 0.336 e. The van der Waals surface area contributed by atoms with E-state index in [2.05, 4.69) is 5.32 Å². The first-order valence-corrected chi connectivity index (χ1v) is 9.44. The summed E-state index contributed by atoms with van der Waals surface area (Å²) in [7, 11) is 3.60. The first-order chi connectivity index (χ1) is 14.3. The van der Waals surface area contributed by atoms with Crippen molar-refractivity contribution in [3.05, 3.63) is 41.7 Å². The minimum Gasteiger partial charge on any atom is -0.494 e. The maximum Gasteiger partial charge on any atom is 0.336 e. The van der Waals surface area contributed by atoms with Crippen LogP contribution in [0.5, 0.6) is 11.5 Å². The van der Waals surface area contributed by atoms with Crippen molar-refractivity contribution in [2.75, 3.05) is 37.1 Å². The predicted molar refractivity (Wildman–Crippen MR) is 111 cm³/mol. The highest BCUT2D eigenvalue weighted by atomic mass is 16.5. The summed E-state index contributed by atoms with van der Waals surface area (Å²) in [5, 5.41) is 2.19. The maximum atomic E-state index is 13.1. The highest BCUT2D eigenvalue weighted by molar-refractivity contribution is 6.39. The number of nitrogens with zero attached hydrogens (tertiary/aromatic N) is 2. The van der Waals surface area contributed by atoms with E-state index in [1.54, 1.807) is 50.2 Å². The van der Waals surface area contributed by atoms with E-state index >= 15 is 0 Å². The van der Waals surface area contributed by atoms with Crippen LogP contribution in [0.4, 0.5) is 16.4 Å². The summed E-state index contributed by atoms with van der Waals surface area (Å²) in [5.74, 6) is 0.0388. The normalized spacial score (nSPS) is 15.4. The van der Waals surface area contributed by atoms with Gasteiger partial charge in [-0.15, -0.1) is 0 Å². The Hall–Kier alpha value is -3.75. The number of rotatable bonds is 7. The molecule has 9 nitrogen and oxygen atoms in total. The number of hydrogen-bond donors (Lipinski definition) is 1. The van der Waals surface area contributed by atoms with E-state index in [4.69, 9.17) is 13.9 Å². The van der Waals surface area contributed by atoms with Gasteiger partial charge in [0.15, 0.2) is 5.88 Å². The molecule has 0 bridgehead atoms. The first kappa shape index (κ1) is 21.0. The second-order valence-corrected chi connectivity index (χ2v) is 6.52. The third-order valence-corrected chi connectivity index (χ3v) is 4.22. The van der Waals surface area contributed by atoms with E-state index in [0.717, 1.165) is 4.90 Å². The van der Waals surface area contributed by atoms with Crippen molar-refractivity contribution in [3.63, 3.8) is 0 Å². The molecule has 0 spiro atoms. The molecule has 0 unspecified atom stereocenters. The summed E-state index contributed by atoms with van der Waals surface area (Å²) in [5.41, 5.74) is -0.0596. The van der Waals surface area contributed by atoms with Gasteiger partial charge in [-0.25, -0.2) is 9.69 Å². The molecule has 0 radical (unpaired) electrons. The summed E-state index contributed by atoms with van der Waals surface area (Å²) in [4.78, 5) is 40.7. The van der Waals surface area contributed by atoms with E-state index in [-0.39, 0.29) is 11.3 Å². The van der Waals surface area contributed by atoms with Crippen molar-refractivity contribution in [1.29, 1.82) is 0 Å². The van der Waals surface area contributed by atoms with Crippen LogP contribution >= 0.6 is 0 Å². The van der Waals surface area contributed by atoms with Crippen LogP contribution < -0.4 is 24.6 Å². The summed E-state index contributed by atoms with van der Waals surface area (Å²) < 4.78 is 16.7. The van der Waals surface area contributed by atoms with Gasteiger partial charge in [-0.3, -0.25) is 14.9 Å². The Balaban J connectivity index is 2.03. The Kier molecular flexibility index (Phi) is 6.10. The number of benzene rings is 1. The molecule has 3 rings (SSSR count). The van der Waals surface area contributed by atoms with Crippen LogP contribution in [0.3, 0.4) is 0 Å².